The molecule has 0 aromatic heterocycles. The van der Waals surface area contributed by atoms with E-state index in [1.165, 1.54) is 0 Å². The summed E-state index contributed by atoms with van der Waals surface area (Å²) in [5, 5.41) is 4.04. The lowest BCUT2D eigenvalue weighted by atomic mass is 10.2. The Morgan fingerprint density at radius 3 is 2.19 bits per heavy atom. The van der Waals surface area contributed by atoms with Gasteiger partial charge in [0, 0.05) is 10.0 Å². The molecule has 0 heterocycles. The van der Waals surface area contributed by atoms with Gasteiger partial charge in [0.05, 0.1) is 6.21 Å². The summed E-state index contributed by atoms with van der Waals surface area (Å²) in [6.07, 6.45) is 1.55. The van der Waals surface area contributed by atoms with E-state index in [0.29, 0.717) is 24.7 Å². The van der Waals surface area contributed by atoms with Crippen molar-refractivity contribution >= 4 is 28.1 Å². The fourth-order valence-corrected chi connectivity index (χ4v) is 3.68. The summed E-state index contributed by atoms with van der Waals surface area (Å²) in [7, 11) is 0. The Kier molecular flexibility index (Phi) is 9.11. The van der Waals surface area contributed by atoms with Crippen LogP contribution in [-0.4, -0.2) is 18.7 Å². The Morgan fingerprint density at radius 1 is 0.750 bits per heavy atom. The Morgan fingerprint density at radius 2 is 1.42 bits per heavy atom. The minimum atomic E-state index is -0.372. The van der Waals surface area contributed by atoms with Crippen LogP contribution in [0.15, 0.2) is 113 Å². The molecule has 0 saturated heterocycles. The van der Waals surface area contributed by atoms with Gasteiger partial charge in [-0.2, -0.15) is 5.10 Å². The molecule has 1 N–H and O–H groups in total. The molecule has 36 heavy (non-hydrogen) atoms. The number of carbonyl (C=O) groups excluding carboxylic acids is 1. The predicted octanol–water partition coefficient (Wildman–Crippen LogP) is 6.14. The fourth-order valence-electron chi connectivity index (χ4n) is 3.23. The quantitative estimate of drug-likeness (QED) is 0.182. The number of benzene rings is 4. The van der Waals surface area contributed by atoms with Crippen LogP contribution >= 0.6 is 15.9 Å². The van der Waals surface area contributed by atoms with Gasteiger partial charge in [-0.15, -0.1) is 0 Å². The van der Waals surface area contributed by atoms with Crippen molar-refractivity contribution in [2.24, 2.45) is 5.10 Å². The van der Waals surface area contributed by atoms with Gasteiger partial charge in [0.25, 0.3) is 5.91 Å². The molecule has 0 bridgehead atoms. The van der Waals surface area contributed by atoms with Gasteiger partial charge in [-0.3, -0.25) is 4.79 Å². The fraction of sp³-hybridized carbons (Fsp3) is 0.103. The van der Waals surface area contributed by atoms with E-state index < -0.39 is 0 Å². The first-order valence-corrected chi connectivity index (χ1v) is 12.1. The zero-order valence-corrected chi connectivity index (χ0v) is 21.1. The van der Waals surface area contributed by atoms with E-state index in [4.69, 9.17) is 14.2 Å². The molecule has 7 heteroatoms. The second kappa shape index (κ2) is 13.1. The molecule has 0 aliphatic carbocycles. The van der Waals surface area contributed by atoms with Crippen LogP contribution in [0.2, 0.25) is 0 Å². The van der Waals surface area contributed by atoms with Crippen molar-refractivity contribution in [3.8, 4) is 17.2 Å². The lowest BCUT2D eigenvalue weighted by molar-refractivity contribution is -0.123. The minimum absolute atomic E-state index is 0.164. The van der Waals surface area contributed by atoms with Crippen molar-refractivity contribution in [1.29, 1.82) is 0 Å². The summed E-state index contributed by atoms with van der Waals surface area (Å²) in [6.45, 7) is 0.739. The highest BCUT2D eigenvalue weighted by Gasteiger charge is 2.05. The van der Waals surface area contributed by atoms with Crippen LogP contribution < -0.4 is 19.6 Å². The summed E-state index contributed by atoms with van der Waals surface area (Å²) >= 11 is 3.46. The highest BCUT2D eigenvalue weighted by Crippen LogP contribution is 2.20. The number of ether oxygens (including phenoxy) is 3. The summed E-state index contributed by atoms with van der Waals surface area (Å²) < 4.78 is 18.2. The maximum Gasteiger partial charge on any atom is 0.277 e. The van der Waals surface area contributed by atoms with Gasteiger partial charge in [-0.25, -0.2) is 5.43 Å². The summed E-state index contributed by atoms with van der Waals surface area (Å²) in [5.74, 6) is 1.58. The number of hydrogen-bond donors (Lipinski definition) is 1. The molecule has 0 aliphatic heterocycles. The first-order chi connectivity index (χ1) is 17.7. The Balaban J connectivity index is 1.22. The van der Waals surface area contributed by atoms with Gasteiger partial charge in [0.15, 0.2) is 6.61 Å². The van der Waals surface area contributed by atoms with Crippen molar-refractivity contribution in [2.75, 3.05) is 6.61 Å². The smallest absolute Gasteiger partial charge is 0.277 e. The SMILES string of the molecule is O=C(COc1ccc(OCc2ccccc2)cc1)N/N=C/c1ccccc1OCc1cccc(Br)c1. The number of carbonyl (C=O) groups is 1. The number of hydrazone groups is 1. The molecule has 4 aromatic rings. The van der Waals surface area contributed by atoms with Crippen LogP contribution in [0.5, 0.6) is 17.2 Å². The van der Waals surface area contributed by atoms with Gasteiger partial charge in [0.1, 0.15) is 30.5 Å². The van der Waals surface area contributed by atoms with Crippen molar-refractivity contribution in [3.63, 3.8) is 0 Å². The molecule has 0 spiro atoms. The molecule has 6 nitrogen and oxygen atoms in total. The molecule has 0 aliphatic rings. The average Bonchev–Trinajstić information content (AvgIpc) is 2.91. The van der Waals surface area contributed by atoms with Crippen LogP contribution in [0.4, 0.5) is 0 Å². The average molecular weight is 545 g/mol. The van der Waals surface area contributed by atoms with Gasteiger partial charge >= 0.3 is 0 Å². The standard InChI is InChI=1S/C29H25BrN2O4/c30-25-11-6-9-23(17-25)20-36-28-12-5-4-10-24(28)18-31-32-29(33)21-35-27-15-13-26(14-16-27)34-19-22-7-2-1-3-8-22/h1-18H,19-21H2,(H,32,33)/b31-18+. The number of hydrogen-bond acceptors (Lipinski definition) is 5. The second-order valence-corrected chi connectivity index (χ2v) is 8.70. The van der Waals surface area contributed by atoms with E-state index in [9.17, 15) is 4.79 Å². The molecule has 0 atom stereocenters. The zero-order chi connectivity index (χ0) is 25.0. The Bertz CT molecular complexity index is 1290. The van der Waals surface area contributed by atoms with Crippen molar-refractivity contribution in [2.45, 2.75) is 13.2 Å². The highest BCUT2D eigenvalue weighted by atomic mass is 79.9. The number of rotatable bonds is 11. The number of para-hydroxylation sites is 1. The van der Waals surface area contributed by atoms with Crippen LogP contribution in [-0.2, 0) is 18.0 Å². The monoisotopic (exact) mass is 544 g/mol. The third kappa shape index (κ3) is 7.99. The number of halogens is 1. The van der Waals surface area contributed by atoms with Gasteiger partial charge in [-0.1, -0.05) is 70.5 Å². The zero-order valence-electron chi connectivity index (χ0n) is 19.5. The molecule has 0 unspecified atom stereocenters. The molecule has 1 amide bonds. The molecule has 4 rings (SSSR count). The largest absolute Gasteiger partial charge is 0.489 e. The maximum absolute atomic E-state index is 12.2. The summed E-state index contributed by atoms with van der Waals surface area (Å²) in [5.41, 5.74) is 5.36. The first-order valence-electron chi connectivity index (χ1n) is 11.3. The topological polar surface area (TPSA) is 69.2 Å². The van der Waals surface area contributed by atoms with Crippen LogP contribution in [0, 0.1) is 0 Å². The van der Waals surface area contributed by atoms with E-state index in [1.54, 1.807) is 30.5 Å². The van der Waals surface area contributed by atoms with Gasteiger partial charge < -0.3 is 14.2 Å². The summed E-state index contributed by atoms with van der Waals surface area (Å²) in [4.78, 5) is 12.2. The minimum Gasteiger partial charge on any atom is -0.489 e. The van der Waals surface area contributed by atoms with Crippen molar-refractivity contribution in [1.82, 2.24) is 5.43 Å². The van der Waals surface area contributed by atoms with Crippen LogP contribution in [0.1, 0.15) is 16.7 Å². The van der Waals surface area contributed by atoms with E-state index in [0.717, 1.165) is 26.9 Å². The molecule has 0 fully saturated rings. The molecule has 0 radical (unpaired) electrons. The van der Waals surface area contributed by atoms with E-state index in [2.05, 4.69) is 26.5 Å². The predicted molar refractivity (Wildman–Crippen MR) is 143 cm³/mol. The van der Waals surface area contributed by atoms with Crippen molar-refractivity contribution < 1.29 is 19.0 Å². The second-order valence-electron chi connectivity index (χ2n) is 7.78. The normalized spacial score (nSPS) is 10.7. The maximum atomic E-state index is 12.2. The first kappa shape index (κ1) is 25.0. The van der Waals surface area contributed by atoms with Gasteiger partial charge in [-0.05, 0) is 59.7 Å². The third-order valence-corrected chi connectivity index (χ3v) is 5.53. The number of amides is 1. The van der Waals surface area contributed by atoms with Crippen molar-refractivity contribution in [3.05, 3.63) is 124 Å². The van der Waals surface area contributed by atoms with E-state index in [1.807, 2.05) is 78.9 Å². The van der Waals surface area contributed by atoms with E-state index in [-0.39, 0.29) is 12.5 Å². The molecular weight excluding hydrogens is 520 g/mol. The van der Waals surface area contributed by atoms with Crippen LogP contribution in [0.3, 0.4) is 0 Å². The number of nitrogens with zero attached hydrogens (tertiary/aromatic N) is 1. The summed E-state index contributed by atoms with van der Waals surface area (Å²) in [6, 6.07) is 32.5. The Hall–Kier alpha value is -4.10. The molecular formula is C29H25BrN2O4. The molecule has 0 saturated carbocycles. The van der Waals surface area contributed by atoms with E-state index >= 15 is 0 Å². The van der Waals surface area contributed by atoms with Gasteiger partial charge in [0.2, 0.25) is 0 Å². The third-order valence-electron chi connectivity index (χ3n) is 5.04. The van der Waals surface area contributed by atoms with Crippen LogP contribution in [0.25, 0.3) is 0 Å². The molecule has 182 valence electrons. The Labute approximate surface area is 218 Å². The highest BCUT2D eigenvalue weighted by molar-refractivity contribution is 9.10. The lowest BCUT2D eigenvalue weighted by Gasteiger charge is -2.09. The molecule has 4 aromatic carbocycles. The lowest BCUT2D eigenvalue weighted by Crippen LogP contribution is -2.24. The number of nitrogens with one attached hydrogen (secondary N) is 1.